The zero-order chi connectivity index (χ0) is 13.1. The van der Waals surface area contributed by atoms with Gasteiger partial charge in [0.2, 0.25) is 5.91 Å². The van der Waals surface area contributed by atoms with Gasteiger partial charge < -0.3 is 25.1 Å². The molecule has 15 heavy (non-hydrogen) atoms. The second-order valence-electron chi connectivity index (χ2n) is 3.18. The molecule has 1 unspecified atom stereocenters. The molecule has 1 atom stereocenters. The number of halogens is 1. The predicted molar refractivity (Wildman–Crippen MR) is 45.2 cm³/mol. The Bertz CT molecular complexity index is 107. The van der Waals surface area contributed by atoms with Crippen LogP contribution in [0.1, 0.15) is 13.8 Å². The molecule has 0 aliphatic rings. The van der Waals surface area contributed by atoms with E-state index in [1.165, 1.54) is 11.8 Å². The number of hydrogen-bond acceptors (Lipinski definition) is 6. The number of nitrogens with two attached hydrogens (primary N) is 1. The Morgan fingerprint density at radius 2 is 1.53 bits per heavy atom. The molecular weight excluding hydrogens is 319 g/mol. The first-order valence-electron chi connectivity index (χ1n) is 4.18. The molecule has 4 N–H and O–H groups in total. The van der Waals surface area contributed by atoms with Gasteiger partial charge in [0.1, 0.15) is 0 Å². The van der Waals surface area contributed by atoms with Gasteiger partial charge in [0.25, 0.3) is 21.1 Å². The summed E-state index contributed by atoms with van der Waals surface area (Å²) in [5.41, 5.74) is 4.98. The lowest BCUT2D eigenvalue weighted by Crippen LogP contribution is -4.05. The van der Waals surface area contributed by atoms with E-state index in [0.29, 0.717) is 6.61 Å². The van der Waals surface area contributed by atoms with Crippen molar-refractivity contribution in [2.45, 2.75) is 19.8 Å². The third kappa shape index (κ3) is 113. The van der Waals surface area contributed by atoms with Gasteiger partial charge in [-0.2, -0.15) is 0 Å². The van der Waals surface area contributed by atoms with Crippen LogP contribution >= 0.6 is 0 Å². The Morgan fingerprint density at radius 3 is 1.53 bits per heavy atom. The summed E-state index contributed by atoms with van der Waals surface area (Å²) in [6.45, 7) is 3.58. The third-order valence-electron chi connectivity index (χ3n) is 0.437. The van der Waals surface area contributed by atoms with Crippen LogP contribution in [0.4, 0.5) is 0 Å². The van der Waals surface area contributed by atoms with E-state index in [0.717, 1.165) is 0 Å². The van der Waals surface area contributed by atoms with Crippen LogP contribution in [0, 0.1) is 0 Å². The lowest BCUT2D eigenvalue weighted by atomic mass is 10.6. The van der Waals surface area contributed by atoms with E-state index >= 15 is 0 Å². The molecule has 0 aliphatic heterocycles. The summed E-state index contributed by atoms with van der Waals surface area (Å²) in [5, 5.41) is 8.57. The van der Waals surface area contributed by atoms with Crippen LogP contribution < -0.4 is 42.0 Å². The smallest absolute Gasteiger partial charge is 0.282 e. The zero-order valence-corrected chi connectivity index (χ0v) is 11.9. The van der Waals surface area contributed by atoms with Crippen molar-refractivity contribution in [3.63, 3.8) is 0 Å². The van der Waals surface area contributed by atoms with Gasteiger partial charge in [0, 0.05) is 13.5 Å². The van der Waals surface area contributed by atoms with Crippen LogP contribution in [0.25, 0.3) is 0 Å². The number of hydrogen-bond donors (Lipinski definition) is 3. The maximum Gasteiger partial charge on any atom is 0.282 e. The average Bonchev–Trinajstić information content (AvgIpc) is 1.79. The Hall–Kier alpha value is 0.450. The molecule has 0 amide bonds. The van der Waals surface area contributed by atoms with Gasteiger partial charge >= 0.3 is 0 Å². The van der Waals surface area contributed by atoms with Crippen molar-refractivity contribution in [3.05, 3.63) is 0 Å². The van der Waals surface area contributed by atoms with Crippen molar-refractivity contribution in [3.8, 4) is 0 Å². The number of quaternary nitrogens is 1. The maximum absolute atomic E-state index is 8.57. The van der Waals surface area contributed by atoms with Gasteiger partial charge in [-0.3, -0.25) is 5.73 Å². The van der Waals surface area contributed by atoms with Crippen molar-refractivity contribution in [1.29, 1.82) is 0 Å². The minimum atomic E-state index is -4.01. The van der Waals surface area contributed by atoms with Gasteiger partial charge in [0.15, 0.2) is 0 Å². The van der Waals surface area contributed by atoms with Gasteiger partial charge in [-0.15, -0.1) is 0 Å². The van der Waals surface area contributed by atoms with Gasteiger partial charge in [-0.1, -0.05) is 0 Å². The Morgan fingerprint density at radius 1 is 1.33 bits per heavy atom. The number of nitrogens with one attached hydrogen (secondary N) is 1. The summed E-state index contributed by atoms with van der Waals surface area (Å²) in [6, 6.07) is 0. The van der Waals surface area contributed by atoms with E-state index in [4.69, 9.17) is 21.1 Å². The highest BCUT2D eigenvalue weighted by molar-refractivity contribution is 4.41. The molecule has 0 aromatic carbocycles. The van der Waals surface area contributed by atoms with Crippen LogP contribution in [0.3, 0.4) is 0 Å². The molecule has 0 radical (unpaired) electrons. The lowest BCUT2D eigenvalue weighted by molar-refractivity contribution is -1.73. The Balaban J connectivity index is -0.000000155. The quantitative estimate of drug-likeness (QED) is 0.338. The first-order valence-corrected chi connectivity index (χ1v) is 6.82. The first kappa shape index (κ1) is 20.8. The maximum atomic E-state index is 8.57. The van der Waals surface area contributed by atoms with Crippen LogP contribution in [-0.2, 0) is 4.74 Å². The molecule has 0 saturated carbocycles. The van der Waals surface area contributed by atoms with Crippen molar-refractivity contribution in [2.75, 3.05) is 27.7 Å². The summed E-state index contributed by atoms with van der Waals surface area (Å²) in [5.74, 6) is -1.45. The zero-order valence-electron chi connectivity index (χ0n) is 9.74. The fourth-order valence-corrected chi connectivity index (χ4v) is 0.292. The van der Waals surface area contributed by atoms with Crippen LogP contribution in [-0.4, -0.2) is 38.8 Å². The molecular formula is C7H21IN2O5. The van der Waals surface area contributed by atoms with E-state index in [9.17, 15) is 0 Å². The lowest BCUT2D eigenvalue weighted by Gasteiger charge is -2.15. The van der Waals surface area contributed by atoms with Gasteiger partial charge in [-0.05, 0) is 6.92 Å². The van der Waals surface area contributed by atoms with Crippen LogP contribution in [0.15, 0.2) is 0 Å². The largest absolute Gasteiger partial charge is 0.427 e. The van der Waals surface area contributed by atoms with Crippen molar-refractivity contribution in [2.24, 2.45) is 5.73 Å². The second kappa shape index (κ2) is 12.5. The topological polar surface area (TPSA) is 129 Å². The number of aliphatic hydroxyl groups is 1. The molecule has 0 saturated heterocycles. The number of ether oxygens (including phenoxy) is 1. The van der Waals surface area contributed by atoms with Crippen molar-refractivity contribution in [1.82, 2.24) is 0 Å². The van der Waals surface area contributed by atoms with Crippen molar-refractivity contribution < 1.29 is 46.1 Å². The molecule has 96 valence electrons. The first-order chi connectivity index (χ1) is 6.52. The van der Waals surface area contributed by atoms with Crippen LogP contribution in [0.5, 0.6) is 0 Å². The molecule has 0 spiro atoms. The highest BCUT2D eigenvalue weighted by atomic mass is 127. The second-order valence-corrected chi connectivity index (χ2v) is 4.26. The van der Waals surface area contributed by atoms with E-state index in [2.05, 4.69) is 25.9 Å². The molecule has 0 heterocycles. The van der Waals surface area contributed by atoms with Crippen LogP contribution in [0.2, 0.25) is 0 Å². The molecule has 0 aromatic rings. The summed E-state index contributed by atoms with van der Waals surface area (Å²) < 4.78 is 30.3. The molecule has 7 nitrogen and oxygen atoms in total. The normalized spacial score (nSPS) is 13.6. The summed E-state index contributed by atoms with van der Waals surface area (Å²) in [7, 11) is 6.25. The molecule has 0 aromatic heterocycles. The fourth-order valence-electron chi connectivity index (χ4n) is 0.292. The molecule has 0 aliphatic carbocycles. The van der Waals surface area contributed by atoms with E-state index in [1.54, 1.807) is 6.92 Å². The van der Waals surface area contributed by atoms with E-state index < -0.39 is 27.0 Å². The standard InChI is InChI=1S/C4H11NO2.C3H9N.IO3/c1-3-7-4(2,5)6;1-4(2)3;2-1(3)4/h6H,3,5H2,1-2H3;1-3H3;/q;;-1/p+1. The predicted octanol–water partition coefficient (Wildman–Crippen LogP) is -8.15. The summed E-state index contributed by atoms with van der Waals surface area (Å²) in [4.78, 5) is 1.42. The SMILES string of the molecule is CCOC(C)(N)O.C[NH+](C)C.[O-][I+2]([O-])[O-]. The molecule has 8 heteroatoms. The van der Waals surface area contributed by atoms with Crippen molar-refractivity contribution >= 4 is 0 Å². The van der Waals surface area contributed by atoms with Gasteiger partial charge in [-0.25, -0.2) is 0 Å². The Labute approximate surface area is 99.5 Å². The highest BCUT2D eigenvalue weighted by Gasteiger charge is 2.09. The Kier molecular flexibility index (Phi) is 17.4. The number of rotatable bonds is 2. The fraction of sp³-hybridized carbons (Fsp3) is 1.00. The molecule has 0 fully saturated rings. The minimum Gasteiger partial charge on any atom is -0.427 e. The highest BCUT2D eigenvalue weighted by Crippen LogP contribution is 1.91. The van der Waals surface area contributed by atoms with Gasteiger partial charge in [0.05, 0.1) is 21.1 Å². The van der Waals surface area contributed by atoms with E-state index in [-0.39, 0.29) is 0 Å². The summed E-state index contributed by atoms with van der Waals surface area (Å²) >= 11 is -4.01. The molecule has 0 bridgehead atoms. The van der Waals surface area contributed by atoms with E-state index in [1.807, 2.05) is 0 Å². The minimum absolute atomic E-state index is 0.434. The summed E-state index contributed by atoms with van der Waals surface area (Å²) in [6.07, 6.45) is 0. The third-order valence-corrected chi connectivity index (χ3v) is 0.437. The monoisotopic (exact) mass is 340 g/mol. The average molecular weight is 340 g/mol. The molecule has 0 rings (SSSR count).